The summed E-state index contributed by atoms with van der Waals surface area (Å²) in [5.74, 6) is 0. The highest BCUT2D eigenvalue weighted by Crippen LogP contribution is 2.17. The van der Waals surface area contributed by atoms with Gasteiger partial charge in [-0.25, -0.2) is 0 Å². The third-order valence-electron chi connectivity index (χ3n) is 2.02. The Hall–Kier alpha value is -1.08. The van der Waals surface area contributed by atoms with Crippen molar-refractivity contribution in [2.24, 2.45) is 5.73 Å². The molecule has 0 bridgehead atoms. The monoisotopic (exact) mass is 161 g/mol. The van der Waals surface area contributed by atoms with Crippen molar-refractivity contribution >= 4 is 5.57 Å². The van der Waals surface area contributed by atoms with Crippen LogP contribution in [0.3, 0.4) is 0 Å². The van der Waals surface area contributed by atoms with E-state index in [1.165, 1.54) is 16.7 Å². The summed E-state index contributed by atoms with van der Waals surface area (Å²) in [5.41, 5.74) is 10.2. The van der Waals surface area contributed by atoms with E-state index in [2.05, 4.69) is 38.6 Å². The van der Waals surface area contributed by atoms with E-state index in [-0.39, 0.29) is 0 Å². The molecule has 64 valence electrons. The van der Waals surface area contributed by atoms with Gasteiger partial charge in [0.15, 0.2) is 0 Å². The third-order valence-corrected chi connectivity index (χ3v) is 2.02. The first-order valence-corrected chi connectivity index (χ1v) is 4.10. The average Bonchev–Trinajstić information content (AvgIpc) is 2.08. The van der Waals surface area contributed by atoms with Crippen LogP contribution in [0.5, 0.6) is 0 Å². The maximum atomic E-state index is 5.52. The van der Waals surface area contributed by atoms with Gasteiger partial charge in [0.2, 0.25) is 0 Å². The maximum absolute atomic E-state index is 5.52. The van der Waals surface area contributed by atoms with E-state index in [0.717, 1.165) is 5.57 Å². The molecule has 0 aliphatic heterocycles. The van der Waals surface area contributed by atoms with Gasteiger partial charge in [0.1, 0.15) is 0 Å². The van der Waals surface area contributed by atoms with E-state index in [1.54, 1.807) is 0 Å². The third kappa shape index (κ3) is 1.74. The molecule has 12 heavy (non-hydrogen) atoms. The molecule has 0 saturated heterocycles. The normalized spacial score (nSPS) is 9.92. The van der Waals surface area contributed by atoms with Gasteiger partial charge in [0, 0.05) is 6.54 Å². The topological polar surface area (TPSA) is 26.0 Å². The summed E-state index contributed by atoms with van der Waals surface area (Å²) in [6.07, 6.45) is 0. The van der Waals surface area contributed by atoms with E-state index in [0.29, 0.717) is 6.54 Å². The van der Waals surface area contributed by atoms with E-state index < -0.39 is 0 Å². The van der Waals surface area contributed by atoms with Crippen LogP contribution >= 0.6 is 0 Å². The summed E-state index contributed by atoms with van der Waals surface area (Å²) in [6.45, 7) is 8.61. The molecular weight excluding hydrogens is 146 g/mol. The van der Waals surface area contributed by atoms with E-state index in [4.69, 9.17) is 5.73 Å². The van der Waals surface area contributed by atoms with Gasteiger partial charge in [0.05, 0.1) is 0 Å². The molecule has 1 nitrogen and oxygen atoms in total. The summed E-state index contributed by atoms with van der Waals surface area (Å²) in [4.78, 5) is 0. The Morgan fingerprint density at radius 1 is 1.42 bits per heavy atom. The average molecular weight is 161 g/mol. The lowest BCUT2D eigenvalue weighted by Gasteiger charge is -2.07. The Morgan fingerprint density at radius 3 is 2.67 bits per heavy atom. The summed E-state index contributed by atoms with van der Waals surface area (Å²) in [6, 6.07) is 6.33. The maximum Gasteiger partial charge on any atom is 0.0178 e. The van der Waals surface area contributed by atoms with Gasteiger partial charge in [-0.2, -0.15) is 0 Å². The fraction of sp³-hybridized carbons (Fsp3) is 0.273. The molecule has 0 radical (unpaired) electrons. The van der Waals surface area contributed by atoms with Crippen LogP contribution < -0.4 is 5.73 Å². The zero-order valence-corrected chi connectivity index (χ0v) is 7.72. The van der Waals surface area contributed by atoms with Crippen LogP contribution in [0.4, 0.5) is 0 Å². The highest BCUT2D eigenvalue weighted by Gasteiger charge is 2.00. The van der Waals surface area contributed by atoms with Crippen LogP contribution in [0.2, 0.25) is 0 Å². The van der Waals surface area contributed by atoms with Crippen LogP contribution in [-0.2, 0) is 0 Å². The number of benzene rings is 1. The summed E-state index contributed by atoms with van der Waals surface area (Å²) < 4.78 is 0. The molecule has 1 heteroatoms. The molecule has 2 N–H and O–H groups in total. The molecule has 1 aromatic rings. The van der Waals surface area contributed by atoms with Crippen LogP contribution in [0, 0.1) is 13.8 Å². The van der Waals surface area contributed by atoms with E-state index in [1.807, 2.05) is 0 Å². The molecule has 0 spiro atoms. The number of rotatable bonds is 2. The highest BCUT2D eigenvalue weighted by atomic mass is 14.5. The summed E-state index contributed by atoms with van der Waals surface area (Å²) in [5, 5.41) is 0. The first-order valence-electron chi connectivity index (χ1n) is 4.10. The van der Waals surface area contributed by atoms with Gasteiger partial charge in [-0.3, -0.25) is 0 Å². The molecule has 0 unspecified atom stereocenters. The summed E-state index contributed by atoms with van der Waals surface area (Å²) in [7, 11) is 0. The van der Waals surface area contributed by atoms with Crippen molar-refractivity contribution in [3.05, 3.63) is 41.5 Å². The molecule has 0 aromatic heterocycles. The Kier molecular flexibility index (Phi) is 2.66. The predicted molar refractivity (Wildman–Crippen MR) is 54.0 cm³/mol. The van der Waals surface area contributed by atoms with Crippen LogP contribution in [0.25, 0.3) is 5.57 Å². The molecule has 0 saturated carbocycles. The Bertz CT molecular complexity index is 300. The largest absolute Gasteiger partial charge is 0.326 e. The molecular formula is C11H15N. The standard InChI is InChI=1S/C11H15N/c1-8-4-5-9(2)11(6-8)10(3)7-12/h4-6H,3,7,12H2,1-2H3. The number of aryl methyl sites for hydroxylation is 2. The smallest absolute Gasteiger partial charge is 0.0178 e. The molecule has 0 fully saturated rings. The van der Waals surface area contributed by atoms with Crippen molar-refractivity contribution in [3.8, 4) is 0 Å². The van der Waals surface area contributed by atoms with Gasteiger partial charge in [-0.15, -0.1) is 0 Å². The van der Waals surface area contributed by atoms with Crippen molar-refractivity contribution in [1.29, 1.82) is 0 Å². The van der Waals surface area contributed by atoms with Crippen molar-refractivity contribution in [2.75, 3.05) is 6.54 Å². The predicted octanol–water partition coefficient (Wildman–Crippen LogP) is 2.28. The first kappa shape index (κ1) is 9.01. The zero-order chi connectivity index (χ0) is 9.14. The van der Waals surface area contributed by atoms with Gasteiger partial charge in [-0.1, -0.05) is 30.3 Å². The van der Waals surface area contributed by atoms with Gasteiger partial charge >= 0.3 is 0 Å². The molecule has 0 amide bonds. The minimum Gasteiger partial charge on any atom is -0.326 e. The fourth-order valence-corrected chi connectivity index (χ4v) is 1.23. The van der Waals surface area contributed by atoms with Crippen molar-refractivity contribution in [2.45, 2.75) is 13.8 Å². The molecule has 0 aliphatic rings. The minimum absolute atomic E-state index is 0.532. The Balaban J connectivity index is 3.13. The lowest BCUT2D eigenvalue weighted by atomic mass is 10.00. The molecule has 1 rings (SSSR count). The second-order valence-corrected chi connectivity index (χ2v) is 3.13. The molecule has 0 heterocycles. The summed E-state index contributed by atoms with van der Waals surface area (Å²) >= 11 is 0. The Labute approximate surface area is 73.9 Å². The number of hydrogen-bond acceptors (Lipinski definition) is 1. The minimum atomic E-state index is 0.532. The SMILES string of the molecule is C=C(CN)c1cc(C)ccc1C. The van der Waals surface area contributed by atoms with Crippen molar-refractivity contribution in [1.82, 2.24) is 0 Å². The molecule has 0 atom stereocenters. The first-order chi connectivity index (χ1) is 5.65. The quantitative estimate of drug-likeness (QED) is 0.707. The number of hydrogen-bond donors (Lipinski definition) is 1. The Morgan fingerprint density at radius 2 is 2.08 bits per heavy atom. The number of nitrogens with two attached hydrogens (primary N) is 1. The van der Waals surface area contributed by atoms with E-state index >= 15 is 0 Å². The fourth-order valence-electron chi connectivity index (χ4n) is 1.23. The zero-order valence-electron chi connectivity index (χ0n) is 7.72. The second kappa shape index (κ2) is 3.55. The van der Waals surface area contributed by atoms with Gasteiger partial charge in [-0.05, 0) is 30.5 Å². The highest BCUT2D eigenvalue weighted by molar-refractivity contribution is 5.67. The van der Waals surface area contributed by atoms with Crippen LogP contribution in [0.15, 0.2) is 24.8 Å². The lowest BCUT2D eigenvalue weighted by molar-refractivity contribution is 1.25. The van der Waals surface area contributed by atoms with Crippen LogP contribution in [0.1, 0.15) is 16.7 Å². The van der Waals surface area contributed by atoms with Crippen LogP contribution in [-0.4, -0.2) is 6.54 Å². The van der Waals surface area contributed by atoms with Gasteiger partial charge in [0.25, 0.3) is 0 Å². The van der Waals surface area contributed by atoms with E-state index in [9.17, 15) is 0 Å². The molecule has 0 aliphatic carbocycles. The lowest BCUT2D eigenvalue weighted by Crippen LogP contribution is -2.02. The second-order valence-electron chi connectivity index (χ2n) is 3.13. The van der Waals surface area contributed by atoms with Gasteiger partial charge < -0.3 is 5.73 Å². The molecule has 1 aromatic carbocycles. The van der Waals surface area contributed by atoms with Crippen molar-refractivity contribution < 1.29 is 0 Å². The van der Waals surface area contributed by atoms with Crippen molar-refractivity contribution in [3.63, 3.8) is 0 Å².